The molecule has 0 atom stereocenters. The summed E-state index contributed by atoms with van der Waals surface area (Å²) in [4.78, 5) is 7.26. The molecule has 0 N–H and O–H groups in total. The fraction of sp³-hybridized carbons (Fsp3) is 0.348. The molecule has 6 rings (SSSR count). The van der Waals surface area contributed by atoms with Crippen molar-refractivity contribution in [2.45, 2.75) is 18.6 Å². The zero-order valence-corrected chi connectivity index (χ0v) is 18.4. The first-order valence-corrected chi connectivity index (χ1v) is 11.1. The molecule has 0 aliphatic carbocycles. The molecular weight excluding hydrogens is 430 g/mol. The van der Waals surface area contributed by atoms with Crippen molar-refractivity contribution in [2.24, 2.45) is 0 Å². The van der Waals surface area contributed by atoms with E-state index in [0.717, 1.165) is 59.7 Å². The molecule has 0 saturated carbocycles. The molecular formula is C23H22ClN5O3. The van der Waals surface area contributed by atoms with E-state index in [1.54, 1.807) is 7.11 Å². The summed E-state index contributed by atoms with van der Waals surface area (Å²) in [6.45, 7) is 2.80. The van der Waals surface area contributed by atoms with Crippen molar-refractivity contribution in [2.75, 3.05) is 38.3 Å². The van der Waals surface area contributed by atoms with E-state index < -0.39 is 5.79 Å². The Balaban J connectivity index is 1.54. The molecule has 8 nitrogen and oxygen atoms in total. The average molecular weight is 452 g/mol. The minimum Gasteiger partial charge on any atom is -0.496 e. The largest absolute Gasteiger partial charge is 0.496 e. The van der Waals surface area contributed by atoms with Gasteiger partial charge in [0.05, 0.1) is 31.4 Å². The maximum absolute atomic E-state index is 6.28. The third kappa shape index (κ3) is 3.09. The van der Waals surface area contributed by atoms with Gasteiger partial charge in [-0.2, -0.15) is 0 Å². The van der Waals surface area contributed by atoms with Gasteiger partial charge in [0.15, 0.2) is 17.3 Å². The number of piperidine rings is 1. The van der Waals surface area contributed by atoms with Gasteiger partial charge < -0.3 is 19.1 Å². The van der Waals surface area contributed by atoms with E-state index >= 15 is 0 Å². The van der Waals surface area contributed by atoms with Crippen molar-refractivity contribution in [1.29, 1.82) is 0 Å². The van der Waals surface area contributed by atoms with Gasteiger partial charge in [-0.15, -0.1) is 10.2 Å². The fourth-order valence-electron chi connectivity index (χ4n) is 4.64. The van der Waals surface area contributed by atoms with E-state index in [9.17, 15) is 0 Å². The van der Waals surface area contributed by atoms with Crippen LogP contribution in [0.2, 0.25) is 5.02 Å². The van der Waals surface area contributed by atoms with Gasteiger partial charge in [-0.1, -0.05) is 23.7 Å². The van der Waals surface area contributed by atoms with Crippen molar-refractivity contribution >= 4 is 34.1 Å². The Bertz CT molecular complexity index is 1310. The van der Waals surface area contributed by atoms with Crippen molar-refractivity contribution in [3.63, 3.8) is 0 Å². The number of rotatable bonds is 3. The van der Waals surface area contributed by atoms with Crippen LogP contribution in [0, 0.1) is 0 Å². The zero-order valence-electron chi connectivity index (χ0n) is 17.6. The van der Waals surface area contributed by atoms with Crippen LogP contribution in [0.25, 0.3) is 27.9 Å². The summed E-state index contributed by atoms with van der Waals surface area (Å²) in [5, 5.41) is 10.6. The smallest absolute Gasteiger partial charge is 0.213 e. The summed E-state index contributed by atoms with van der Waals surface area (Å²) in [5.74, 6) is 1.72. The summed E-state index contributed by atoms with van der Waals surface area (Å²) < 4.78 is 19.4. The molecule has 4 heterocycles. The molecule has 32 heavy (non-hydrogen) atoms. The third-order valence-electron chi connectivity index (χ3n) is 6.25. The summed E-state index contributed by atoms with van der Waals surface area (Å²) in [6, 6.07) is 13.5. The van der Waals surface area contributed by atoms with Gasteiger partial charge in [0.1, 0.15) is 5.75 Å². The number of ether oxygens (including phenoxy) is 3. The van der Waals surface area contributed by atoms with E-state index in [0.29, 0.717) is 24.1 Å². The normalized spacial score (nSPS) is 18.1. The van der Waals surface area contributed by atoms with Crippen molar-refractivity contribution in [3.05, 3.63) is 47.5 Å². The summed E-state index contributed by atoms with van der Waals surface area (Å²) >= 11 is 6.28. The highest BCUT2D eigenvalue weighted by Gasteiger charge is 2.40. The van der Waals surface area contributed by atoms with Crippen LogP contribution in [0.5, 0.6) is 5.75 Å². The number of methoxy groups -OCH3 is 1. The van der Waals surface area contributed by atoms with Gasteiger partial charge in [-0.3, -0.25) is 0 Å². The van der Waals surface area contributed by atoms with Gasteiger partial charge in [0.2, 0.25) is 5.95 Å². The molecule has 0 amide bonds. The number of aromatic nitrogens is 4. The first-order valence-electron chi connectivity index (χ1n) is 10.7. The molecule has 0 bridgehead atoms. The zero-order chi connectivity index (χ0) is 21.7. The van der Waals surface area contributed by atoms with E-state index in [1.807, 2.05) is 46.9 Å². The predicted octanol–water partition coefficient (Wildman–Crippen LogP) is 3.95. The topological polar surface area (TPSA) is 74.0 Å². The second-order valence-electron chi connectivity index (χ2n) is 8.05. The number of para-hydroxylation sites is 1. The Morgan fingerprint density at radius 1 is 1.03 bits per heavy atom. The molecule has 2 fully saturated rings. The Morgan fingerprint density at radius 2 is 1.81 bits per heavy atom. The Hall–Kier alpha value is -2.94. The lowest BCUT2D eigenvalue weighted by atomic mass is 10.0. The Morgan fingerprint density at radius 3 is 2.59 bits per heavy atom. The van der Waals surface area contributed by atoms with Gasteiger partial charge in [0.25, 0.3) is 0 Å². The second kappa shape index (κ2) is 7.58. The molecule has 2 aliphatic heterocycles. The highest BCUT2D eigenvalue weighted by atomic mass is 35.5. The molecule has 2 aromatic carbocycles. The first kappa shape index (κ1) is 19.7. The monoisotopic (exact) mass is 451 g/mol. The van der Waals surface area contributed by atoms with Crippen LogP contribution < -0.4 is 9.64 Å². The molecule has 2 saturated heterocycles. The molecule has 1 spiro atoms. The minimum absolute atomic E-state index is 0.464. The molecule has 2 aliphatic rings. The number of benzene rings is 2. The molecule has 4 aromatic rings. The lowest BCUT2D eigenvalue weighted by molar-refractivity contribution is -0.169. The Kier molecular flexibility index (Phi) is 4.67. The van der Waals surface area contributed by atoms with Crippen LogP contribution in [-0.4, -0.2) is 58.8 Å². The lowest BCUT2D eigenvalue weighted by Crippen LogP contribution is -2.46. The van der Waals surface area contributed by atoms with Crippen LogP contribution >= 0.6 is 11.6 Å². The highest BCUT2D eigenvalue weighted by molar-refractivity contribution is 6.31. The van der Waals surface area contributed by atoms with Gasteiger partial charge in [-0.05, 0) is 30.3 Å². The molecule has 0 radical (unpaired) electrons. The summed E-state index contributed by atoms with van der Waals surface area (Å²) in [7, 11) is 1.66. The van der Waals surface area contributed by atoms with E-state index in [2.05, 4.69) is 15.1 Å². The van der Waals surface area contributed by atoms with Crippen LogP contribution in [0.1, 0.15) is 12.8 Å². The number of hydrogen-bond donors (Lipinski definition) is 0. The molecule has 164 valence electrons. The number of anilines is 1. The van der Waals surface area contributed by atoms with Crippen molar-refractivity contribution in [3.8, 4) is 17.1 Å². The quantitative estimate of drug-likeness (QED) is 0.467. The minimum atomic E-state index is -0.464. The van der Waals surface area contributed by atoms with E-state index in [4.69, 9.17) is 30.8 Å². The average Bonchev–Trinajstić information content (AvgIpc) is 3.47. The maximum atomic E-state index is 6.28. The maximum Gasteiger partial charge on any atom is 0.213 e. The van der Waals surface area contributed by atoms with Crippen molar-refractivity contribution < 1.29 is 14.2 Å². The second-order valence-corrected chi connectivity index (χ2v) is 8.49. The predicted molar refractivity (Wildman–Crippen MR) is 121 cm³/mol. The number of fused-ring (bicyclic) bond motifs is 3. The van der Waals surface area contributed by atoms with E-state index in [1.165, 1.54) is 0 Å². The lowest BCUT2D eigenvalue weighted by Gasteiger charge is -2.38. The van der Waals surface area contributed by atoms with Crippen molar-refractivity contribution in [1.82, 2.24) is 19.6 Å². The SMILES string of the molecule is COc1ccccc1-c1nnc2c3ccc(Cl)cc3nc(N3CCC4(CC3)OCCO4)n12. The van der Waals surface area contributed by atoms with Gasteiger partial charge in [0, 0.05) is 36.3 Å². The summed E-state index contributed by atoms with van der Waals surface area (Å²) in [6.07, 6.45) is 1.55. The number of hydrogen-bond acceptors (Lipinski definition) is 7. The van der Waals surface area contributed by atoms with Crippen LogP contribution in [0.15, 0.2) is 42.5 Å². The molecule has 9 heteroatoms. The van der Waals surface area contributed by atoms with Crippen LogP contribution in [-0.2, 0) is 9.47 Å². The molecule has 2 aromatic heterocycles. The summed E-state index contributed by atoms with van der Waals surface area (Å²) in [5.41, 5.74) is 2.37. The first-order chi connectivity index (χ1) is 15.7. The fourth-order valence-corrected chi connectivity index (χ4v) is 4.81. The van der Waals surface area contributed by atoms with Crippen LogP contribution in [0.4, 0.5) is 5.95 Å². The third-order valence-corrected chi connectivity index (χ3v) is 6.49. The number of nitrogens with zero attached hydrogens (tertiary/aromatic N) is 5. The number of halogens is 1. The van der Waals surface area contributed by atoms with Gasteiger partial charge in [-0.25, -0.2) is 9.38 Å². The molecule has 0 unspecified atom stereocenters. The van der Waals surface area contributed by atoms with Crippen LogP contribution in [0.3, 0.4) is 0 Å². The van der Waals surface area contributed by atoms with Gasteiger partial charge >= 0.3 is 0 Å². The standard InChI is InChI=1S/C23H22ClN5O3/c1-30-19-5-3-2-4-17(19)21-27-26-20-16-7-6-15(24)14-18(16)25-22(29(20)21)28-10-8-23(9-11-28)31-12-13-32-23/h2-7,14H,8-13H2,1H3. The highest BCUT2D eigenvalue weighted by Crippen LogP contribution is 2.36. The Labute approximate surface area is 189 Å². The van der Waals surface area contributed by atoms with E-state index in [-0.39, 0.29) is 0 Å².